The molecule has 0 heterocycles. The molecule has 5 nitrogen and oxygen atoms in total. The summed E-state index contributed by atoms with van der Waals surface area (Å²) in [6.45, 7) is 5.89. The quantitative estimate of drug-likeness (QED) is 0.389. The Labute approximate surface area is 183 Å². The molecule has 0 fully saturated rings. The first kappa shape index (κ1) is 22.1. The van der Waals surface area contributed by atoms with Crippen molar-refractivity contribution in [3.63, 3.8) is 0 Å². The van der Waals surface area contributed by atoms with Crippen LogP contribution in [-0.4, -0.2) is 18.5 Å². The third kappa shape index (κ3) is 6.44. The summed E-state index contributed by atoms with van der Waals surface area (Å²) < 4.78 is 10.8. The van der Waals surface area contributed by atoms with Crippen LogP contribution in [0, 0.1) is 13.8 Å². The summed E-state index contributed by atoms with van der Waals surface area (Å²) in [5.74, 6) is 0.245. The van der Waals surface area contributed by atoms with Crippen LogP contribution in [-0.2, 0) is 11.2 Å². The number of rotatable bonds is 8. The number of nitrogens with one attached hydrogen (secondary N) is 1. The fourth-order valence-corrected chi connectivity index (χ4v) is 3.17. The Hall–Kier alpha value is -3.60. The minimum absolute atomic E-state index is 0.192. The van der Waals surface area contributed by atoms with Crippen molar-refractivity contribution < 1.29 is 19.1 Å². The van der Waals surface area contributed by atoms with E-state index >= 15 is 0 Å². The summed E-state index contributed by atoms with van der Waals surface area (Å²) in [6, 6.07) is 20.0. The van der Waals surface area contributed by atoms with Gasteiger partial charge in [-0.05, 0) is 73.9 Å². The second-order valence-electron chi connectivity index (χ2n) is 7.45. The number of benzene rings is 3. The Morgan fingerprint density at radius 1 is 0.871 bits per heavy atom. The molecule has 1 N–H and O–H groups in total. The predicted octanol–water partition coefficient (Wildman–Crippen LogP) is 5.49. The van der Waals surface area contributed by atoms with E-state index in [0.717, 1.165) is 29.7 Å². The second kappa shape index (κ2) is 10.4. The molecule has 0 bridgehead atoms. The molecule has 0 atom stereocenters. The fourth-order valence-electron chi connectivity index (χ4n) is 3.17. The van der Waals surface area contributed by atoms with E-state index in [0.29, 0.717) is 17.1 Å². The Balaban J connectivity index is 1.51. The van der Waals surface area contributed by atoms with Gasteiger partial charge in [0, 0.05) is 11.3 Å². The largest absolute Gasteiger partial charge is 0.482 e. The van der Waals surface area contributed by atoms with Crippen LogP contribution in [0.25, 0.3) is 0 Å². The first-order chi connectivity index (χ1) is 14.9. The molecule has 31 heavy (non-hydrogen) atoms. The van der Waals surface area contributed by atoms with Crippen LogP contribution < -0.4 is 14.8 Å². The maximum Gasteiger partial charge on any atom is 0.349 e. The number of esters is 1. The van der Waals surface area contributed by atoms with E-state index in [2.05, 4.69) is 12.2 Å². The maximum atomic E-state index is 12.5. The van der Waals surface area contributed by atoms with Crippen LogP contribution in [0.15, 0.2) is 66.7 Å². The Bertz CT molecular complexity index is 1040. The first-order valence-corrected chi connectivity index (χ1v) is 10.4. The molecule has 3 aromatic carbocycles. The zero-order valence-corrected chi connectivity index (χ0v) is 18.1. The lowest BCUT2D eigenvalue weighted by Gasteiger charge is -2.10. The van der Waals surface area contributed by atoms with E-state index in [1.54, 1.807) is 24.3 Å². The van der Waals surface area contributed by atoms with Gasteiger partial charge in [0.05, 0.1) is 0 Å². The average Bonchev–Trinajstić information content (AvgIpc) is 2.76. The van der Waals surface area contributed by atoms with Gasteiger partial charge in [-0.1, -0.05) is 43.2 Å². The highest BCUT2D eigenvalue weighted by Gasteiger charge is 2.10. The number of carbonyl (C=O) groups is 2. The topological polar surface area (TPSA) is 64.6 Å². The number of anilines is 1. The van der Waals surface area contributed by atoms with Gasteiger partial charge in [-0.3, -0.25) is 4.79 Å². The standard InChI is InChI=1S/C26H27NO4/c1-4-5-20-7-11-22(12-8-20)30-17-25(28)31-23-13-9-21(10-14-23)26(29)27-24-15-6-18(2)16-19(24)3/h6-16H,4-5,17H2,1-3H3,(H,27,29). The molecule has 3 aromatic rings. The van der Waals surface area contributed by atoms with Gasteiger partial charge in [0.15, 0.2) is 6.61 Å². The summed E-state index contributed by atoms with van der Waals surface area (Å²) in [7, 11) is 0. The SMILES string of the molecule is CCCc1ccc(OCC(=O)Oc2ccc(C(=O)Nc3ccc(C)cc3C)cc2)cc1. The zero-order chi connectivity index (χ0) is 22.2. The van der Waals surface area contributed by atoms with Crippen LogP contribution >= 0.6 is 0 Å². The van der Waals surface area contributed by atoms with Crippen LogP contribution in [0.3, 0.4) is 0 Å². The highest BCUT2D eigenvalue weighted by atomic mass is 16.6. The van der Waals surface area contributed by atoms with Gasteiger partial charge in [0.25, 0.3) is 5.91 Å². The molecule has 0 saturated carbocycles. The van der Waals surface area contributed by atoms with Gasteiger partial charge in [0.1, 0.15) is 11.5 Å². The summed E-state index contributed by atoms with van der Waals surface area (Å²) in [6.07, 6.45) is 2.10. The molecule has 0 aromatic heterocycles. The maximum absolute atomic E-state index is 12.5. The van der Waals surface area contributed by atoms with Crippen molar-refractivity contribution in [1.29, 1.82) is 0 Å². The third-order valence-electron chi connectivity index (χ3n) is 4.80. The first-order valence-electron chi connectivity index (χ1n) is 10.4. The molecule has 0 radical (unpaired) electrons. The number of hydrogen-bond donors (Lipinski definition) is 1. The summed E-state index contributed by atoms with van der Waals surface area (Å²) in [5.41, 5.74) is 4.62. The van der Waals surface area contributed by atoms with Crippen molar-refractivity contribution in [2.45, 2.75) is 33.6 Å². The van der Waals surface area contributed by atoms with Crippen molar-refractivity contribution in [1.82, 2.24) is 0 Å². The van der Waals surface area contributed by atoms with Gasteiger partial charge >= 0.3 is 5.97 Å². The second-order valence-corrected chi connectivity index (χ2v) is 7.45. The van der Waals surface area contributed by atoms with Gasteiger partial charge in [-0.2, -0.15) is 0 Å². The number of aryl methyl sites for hydroxylation is 3. The highest BCUT2D eigenvalue weighted by molar-refractivity contribution is 6.04. The van der Waals surface area contributed by atoms with Crippen molar-refractivity contribution in [3.8, 4) is 11.5 Å². The van der Waals surface area contributed by atoms with Crippen LogP contribution in [0.4, 0.5) is 5.69 Å². The number of ether oxygens (including phenoxy) is 2. The van der Waals surface area contributed by atoms with Crippen molar-refractivity contribution >= 4 is 17.6 Å². The molecule has 1 amide bonds. The molecule has 0 unspecified atom stereocenters. The van der Waals surface area contributed by atoms with Crippen molar-refractivity contribution in [2.24, 2.45) is 0 Å². The lowest BCUT2D eigenvalue weighted by molar-refractivity contribution is -0.136. The van der Waals surface area contributed by atoms with E-state index in [9.17, 15) is 9.59 Å². The number of hydrogen-bond acceptors (Lipinski definition) is 4. The molecule has 0 aliphatic rings. The van der Waals surface area contributed by atoms with E-state index < -0.39 is 5.97 Å². The van der Waals surface area contributed by atoms with Gasteiger partial charge in [-0.25, -0.2) is 4.79 Å². The molecule has 0 aliphatic heterocycles. The number of carbonyl (C=O) groups excluding carboxylic acids is 2. The van der Waals surface area contributed by atoms with E-state index in [1.807, 2.05) is 56.3 Å². The summed E-state index contributed by atoms with van der Waals surface area (Å²) in [4.78, 5) is 24.5. The molecule has 160 valence electrons. The van der Waals surface area contributed by atoms with E-state index in [-0.39, 0.29) is 12.5 Å². The minimum Gasteiger partial charge on any atom is -0.482 e. The smallest absolute Gasteiger partial charge is 0.349 e. The van der Waals surface area contributed by atoms with E-state index in [1.165, 1.54) is 5.56 Å². The molecule has 0 spiro atoms. The fraction of sp³-hybridized carbons (Fsp3) is 0.231. The average molecular weight is 418 g/mol. The normalized spacial score (nSPS) is 10.4. The van der Waals surface area contributed by atoms with Crippen molar-refractivity contribution in [3.05, 3.63) is 89.0 Å². The molecule has 0 aliphatic carbocycles. The van der Waals surface area contributed by atoms with Crippen molar-refractivity contribution in [2.75, 3.05) is 11.9 Å². The molecular formula is C26H27NO4. The lowest BCUT2D eigenvalue weighted by atomic mass is 10.1. The Morgan fingerprint density at radius 3 is 2.19 bits per heavy atom. The van der Waals surface area contributed by atoms with Crippen LogP contribution in [0.1, 0.15) is 40.4 Å². The Morgan fingerprint density at radius 2 is 1.55 bits per heavy atom. The number of amides is 1. The van der Waals surface area contributed by atoms with Crippen LogP contribution in [0.2, 0.25) is 0 Å². The monoisotopic (exact) mass is 417 g/mol. The molecular weight excluding hydrogens is 390 g/mol. The molecule has 5 heteroatoms. The Kier molecular flexibility index (Phi) is 7.44. The third-order valence-corrected chi connectivity index (χ3v) is 4.80. The van der Waals surface area contributed by atoms with Crippen LogP contribution in [0.5, 0.6) is 11.5 Å². The molecule has 0 saturated heterocycles. The van der Waals surface area contributed by atoms with Gasteiger partial charge < -0.3 is 14.8 Å². The lowest BCUT2D eigenvalue weighted by Crippen LogP contribution is -2.18. The summed E-state index contributed by atoms with van der Waals surface area (Å²) in [5, 5.41) is 2.90. The van der Waals surface area contributed by atoms with Gasteiger partial charge in [0.2, 0.25) is 0 Å². The highest BCUT2D eigenvalue weighted by Crippen LogP contribution is 2.19. The minimum atomic E-state index is -0.509. The van der Waals surface area contributed by atoms with E-state index in [4.69, 9.17) is 9.47 Å². The predicted molar refractivity (Wildman–Crippen MR) is 122 cm³/mol. The summed E-state index contributed by atoms with van der Waals surface area (Å²) >= 11 is 0. The molecule has 3 rings (SSSR count). The zero-order valence-electron chi connectivity index (χ0n) is 18.1. The van der Waals surface area contributed by atoms with Gasteiger partial charge in [-0.15, -0.1) is 0 Å².